The third-order valence-corrected chi connectivity index (χ3v) is 9.75. The summed E-state index contributed by atoms with van der Waals surface area (Å²) in [5.41, 5.74) is 0.675. The number of ether oxygens (including phenoxy) is 5. The molecule has 7 aliphatic rings. The van der Waals surface area contributed by atoms with Crippen LogP contribution in [0.4, 0.5) is 4.79 Å². The van der Waals surface area contributed by atoms with Crippen molar-refractivity contribution >= 4 is 18.0 Å². The summed E-state index contributed by atoms with van der Waals surface area (Å²) in [7, 11) is 1.27. The Labute approximate surface area is 205 Å². The van der Waals surface area contributed by atoms with Crippen molar-refractivity contribution in [3.8, 4) is 0 Å². The van der Waals surface area contributed by atoms with Crippen molar-refractivity contribution in [2.75, 3.05) is 20.3 Å². The molecule has 3 saturated heterocycles. The summed E-state index contributed by atoms with van der Waals surface area (Å²) in [6.45, 7) is 6.43. The minimum Gasteiger partial charge on any atom is -0.468 e. The third kappa shape index (κ3) is 2.97. The van der Waals surface area contributed by atoms with E-state index in [4.69, 9.17) is 18.9 Å². The lowest BCUT2D eigenvalue weighted by molar-refractivity contribution is -0.340. The number of epoxide rings is 1. The second-order valence-electron chi connectivity index (χ2n) is 11.5. The van der Waals surface area contributed by atoms with Gasteiger partial charge < -0.3 is 29.0 Å². The molecule has 0 aromatic rings. The van der Waals surface area contributed by atoms with Crippen molar-refractivity contribution in [1.82, 2.24) is 5.32 Å². The summed E-state index contributed by atoms with van der Waals surface area (Å²) >= 11 is 0. The Kier molecular flexibility index (Phi) is 5.11. The maximum Gasteiger partial charge on any atom is 0.408 e. The number of unbranched alkanes of at least 4 members (excludes halogenated alkanes) is 1. The Morgan fingerprint density at radius 1 is 1.20 bits per heavy atom. The van der Waals surface area contributed by atoms with Crippen LogP contribution in [-0.2, 0) is 33.3 Å². The lowest BCUT2D eigenvalue weighted by Crippen LogP contribution is -2.76. The van der Waals surface area contributed by atoms with E-state index in [1.54, 1.807) is 0 Å². The zero-order valence-corrected chi connectivity index (χ0v) is 20.9. The lowest BCUT2D eigenvalue weighted by Gasteiger charge is -2.65. The smallest absolute Gasteiger partial charge is 0.408 e. The first-order chi connectivity index (χ1) is 16.7. The molecule has 6 fully saturated rings. The Bertz CT molecular complexity index is 999. The molecular formula is C26H35NO8. The number of esters is 2. The quantitative estimate of drug-likeness (QED) is 0.315. The van der Waals surface area contributed by atoms with Crippen LogP contribution in [0.2, 0.25) is 0 Å². The van der Waals surface area contributed by atoms with Crippen LogP contribution in [0.1, 0.15) is 59.3 Å². The molecule has 3 aliphatic carbocycles. The highest BCUT2D eigenvalue weighted by Crippen LogP contribution is 2.83. The molecule has 9 nitrogen and oxygen atoms in total. The number of fused-ring (bicyclic) bond motifs is 3. The fourth-order valence-electron chi connectivity index (χ4n) is 7.90. The zero-order valence-electron chi connectivity index (χ0n) is 20.9. The van der Waals surface area contributed by atoms with Gasteiger partial charge in [0.15, 0.2) is 6.10 Å². The van der Waals surface area contributed by atoms with Crippen molar-refractivity contribution in [3.05, 3.63) is 11.1 Å². The van der Waals surface area contributed by atoms with E-state index < -0.39 is 29.4 Å². The van der Waals surface area contributed by atoms with Crippen LogP contribution in [0.25, 0.3) is 0 Å². The number of amides is 1. The van der Waals surface area contributed by atoms with Gasteiger partial charge in [-0.2, -0.15) is 0 Å². The van der Waals surface area contributed by atoms with Crippen molar-refractivity contribution < 1.29 is 38.1 Å². The molecule has 192 valence electrons. The van der Waals surface area contributed by atoms with Crippen LogP contribution in [-0.4, -0.2) is 67.8 Å². The van der Waals surface area contributed by atoms with Crippen LogP contribution in [0.5, 0.6) is 0 Å². The van der Waals surface area contributed by atoms with Gasteiger partial charge in [-0.05, 0) is 43.1 Å². The molecule has 0 aromatic heterocycles. The summed E-state index contributed by atoms with van der Waals surface area (Å²) in [6, 6.07) is 0. The van der Waals surface area contributed by atoms with Crippen LogP contribution < -0.4 is 5.32 Å². The highest BCUT2D eigenvalue weighted by molar-refractivity contribution is 5.92. The number of cyclic esters (lactones) is 1. The third-order valence-electron chi connectivity index (χ3n) is 9.75. The van der Waals surface area contributed by atoms with E-state index in [1.165, 1.54) is 7.11 Å². The normalized spacial score (nSPS) is 43.9. The predicted molar refractivity (Wildman–Crippen MR) is 121 cm³/mol. The van der Waals surface area contributed by atoms with Gasteiger partial charge in [0.2, 0.25) is 0 Å². The first-order valence-electron chi connectivity index (χ1n) is 13.0. The van der Waals surface area contributed by atoms with Crippen molar-refractivity contribution in [2.45, 2.75) is 88.8 Å². The maximum absolute atomic E-state index is 12.8. The Balaban J connectivity index is 1.28. The van der Waals surface area contributed by atoms with Gasteiger partial charge in [-0.15, -0.1) is 0 Å². The van der Waals surface area contributed by atoms with Gasteiger partial charge in [-0.1, -0.05) is 27.2 Å². The first-order valence-corrected chi connectivity index (χ1v) is 13.0. The lowest BCUT2D eigenvalue weighted by atomic mass is 9.52. The largest absolute Gasteiger partial charge is 0.468 e. The van der Waals surface area contributed by atoms with E-state index in [-0.39, 0.29) is 42.0 Å². The number of hydrogen-bond donors (Lipinski definition) is 1. The van der Waals surface area contributed by atoms with Crippen molar-refractivity contribution in [1.29, 1.82) is 0 Å². The number of hydrogen-bond acceptors (Lipinski definition) is 8. The highest BCUT2D eigenvalue weighted by atomic mass is 16.7. The van der Waals surface area contributed by atoms with Crippen LogP contribution in [0, 0.1) is 23.2 Å². The van der Waals surface area contributed by atoms with Gasteiger partial charge in [0, 0.05) is 23.3 Å². The number of rotatable bonds is 8. The molecule has 4 heterocycles. The Morgan fingerprint density at radius 3 is 2.66 bits per heavy atom. The van der Waals surface area contributed by atoms with E-state index in [1.807, 2.05) is 0 Å². The van der Waals surface area contributed by atoms with Crippen LogP contribution in [0.3, 0.4) is 0 Å². The zero-order chi connectivity index (χ0) is 24.8. The standard InChI is InChI=1S/C26H35NO8/c1-5-6-7-14-16(12-32-21(14)29)15-8-24-9-17(24)20-26(35-20,13(2)3)22(25(24)10-18(15)34-25)33-23(30)27-11-19(28)31-4/h13,15,17-18,20,22H,5-12H2,1-4H3,(H,27,30)/t15-,17+,18?,20+,22+,24+,25-,26+/m1/s1. The number of alkyl carbamates (subject to hydrolysis) is 1. The predicted octanol–water partition coefficient (Wildman–Crippen LogP) is 2.66. The number of nitrogens with one attached hydrogen (secondary N) is 1. The average Bonchev–Trinajstić information content (AvgIpc) is 3.69. The summed E-state index contributed by atoms with van der Waals surface area (Å²) in [6.07, 6.45) is 4.19. The molecule has 0 aromatic carbocycles. The first kappa shape index (κ1) is 23.3. The van der Waals surface area contributed by atoms with E-state index in [2.05, 4.69) is 30.8 Å². The van der Waals surface area contributed by atoms with Crippen molar-refractivity contribution in [3.63, 3.8) is 0 Å². The Hall–Kier alpha value is -2.13. The number of methoxy groups -OCH3 is 1. The van der Waals surface area contributed by atoms with Gasteiger partial charge in [-0.25, -0.2) is 9.59 Å². The molecule has 3 saturated carbocycles. The monoisotopic (exact) mass is 489 g/mol. The van der Waals surface area contributed by atoms with Gasteiger partial charge in [0.25, 0.3) is 0 Å². The summed E-state index contributed by atoms with van der Waals surface area (Å²) in [5.74, 6) is -0.0550. The van der Waals surface area contributed by atoms with Crippen molar-refractivity contribution in [2.24, 2.45) is 23.2 Å². The van der Waals surface area contributed by atoms with Gasteiger partial charge in [0.05, 0.1) is 19.3 Å². The molecule has 2 bridgehead atoms. The SMILES string of the molecule is CCCCC1=C([C@H]2C[C@]34C[C@H]3[C@@H]3O[C@]3(C(C)C)[C@@H](OC(=O)NCC(=O)OC)[C@]43CC2O3)COC1=O. The van der Waals surface area contributed by atoms with E-state index in [9.17, 15) is 14.4 Å². The van der Waals surface area contributed by atoms with Crippen LogP contribution in [0.15, 0.2) is 11.1 Å². The minimum atomic E-state index is -0.660. The highest BCUT2D eigenvalue weighted by Gasteiger charge is 2.92. The summed E-state index contributed by atoms with van der Waals surface area (Å²) in [5, 5.41) is 2.51. The Morgan fingerprint density at radius 2 is 1.97 bits per heavy atom. The van der Waals surface area contributed by atoms with E-state index in [0.717, 1.165) is 49.7 Å². The second kappa shape index (κ2) is 7.68. The molecule has 35 heavy (non-hydrogen) atoms. The van der Waals surface area contributed by atoms with Gasteiger partial charge in [-0.3, -0.25) is 4.79 Å². The molecule has 2 spiro atoms. The molecule has 7 rings (SSSR count). The molecule has 4 aliphatic heterocycles. The summed E-state index contributed by atoms with van der Waals surface area (Å²) in [4.78, 5) is 36.7. The topological polar surface area (TPSA) is 113 Å². The second-order valence-corrected chi connectivity index (χ2v) is 11.5. The fraction of sp³-hybridized carbons (Fsp3) is 0.808. The van der Waals surface area contributed by atoms with Gasteiger partial charge >= 0.3 is 18.0 Å². The molecule has 1 unspecified atom stereocenters. The van der Waals surface area contributed by atoms with E-state index >= 15 is 0 Å². The molecule has 1 N–H and O–H groups in total. The van der Waals surface area contributed by atoms with Gasteiger partial charge in [0.1, 0.15) is 24.4 Å². The number of carbonyl (C=O) groups is 3. The average molecular weight is 490 g/mol. The molecule has 9 heteroatoms. The molecular weight excluding hydrogens is 454 g/mol. The maximum atomic E-state index is 12.8. The molecule has 1 amide bonds. The van der Waals surface area contributed by atoms with E-state index in [0.29, 0.717) is 12.5 Å². The number of carbonyl (C=O) groups excluding carboxylic acids is 3. The summed E-state index contributed by atoms with van der Waals surface area (Å²) < 4.78 is 29.3. The fourth-order valence-corrected chi connectivity index (χ4v) is 7.90. The molecule has 8 atom stereocenters. The molecule has 0 radical (unpaired) electrons. The minimum absolute atomic E-state index is 0.0215. The van der Waals surface area contributed by atoms with Crippen LogP contribution >= 0.6 is 0 Å².